The molecule has 0 saturated heterocycles. The quantitative estimate of drug-likeness (QED) is 0.271. The maximum absolute atomic E-state index is 14.4. The Morgan fingerprint density at radius 2 is 1.53 bits per heavy atom. The largest absolute Gasteiger partial charge is 0.463 e. The first kappa shape index (κ1) is 28.4. The Bertz CT molecular complexity index is 1400. The molecule has 1 heterocycles. The minimum atomic E-state index is -5.36. The third-order valence-electron chi connectivity index (χ3n) is 5.05. The number of aryl methyl sites for hydroxylation is 2. The van der Waals surface area contributed by atoms with Gasteiger partial charge in [-0.1, -0.05) is 18.2 Å². The van der Waals surface area contributed by atoms with Gasteiger partial charge in [-0.25, -0.2) is 27.9 Å². The highest BCUT2D eigenvalue weighted by molar-refractivity contribution is 7.92. The predicted molar refractivity (Wildman–Crippen MR) is 132 cm³/mol. The van der Waals surface area contributed by atoms with E-state index in [0.29, 0.717) is 11.4 Å². The van der Waals surface area contributed by atoms with Crippen molar-refractivity contribution in [3.63, 3.8) is 0 Å². The molecule has 0 aliphatic heterocycles. The molecule has 0 radical (unpaired) electrons. The maximum atomic E-state index is 14.4. The summed E-state index contributed by atoms with van der Waals surface area (Å²) in [6.45, 7) is 4.22. The summed E-state index contributed by atoms with van der Waals surface area (Å²) >= 11 is 0. The fraction of sp³-hybridized carbons (Fsp3) is 0.250. The van der Waals surface area contributed by atoms with Crippen LogP contribution in [0.3, 0.4) is 0 Å². The van der Waals surface area contributed by atoms with Crippen LogP contribution in [0.2, 0.25) is 0 Å². The number of anilines is 2. The highest BCUT2D eigenvalue weighted by atomic mass is 32.2. The van der Waals surface area contributed by atoms with Crippen LogP contribution in [0.1, 0.15) is 28.7 Å². The Balaban J connectivity index is 1.94. The summed E-state index contributed by atoms with van der Waals surface area (Å²) in [4.78, 5) is 33.0. The van der Waals surface area contributed by atoms with Gasteiger partial charge in [0.05, 0.1) is 11.5 Å². The summed E-state index contributed by atoms with van der Waals surface area (Å²) in [6, 6.07) is 12.7. The first-order valence-corrected chi connectivity index (χ1v) is 12.6. The number of ether oxygens (including phenoxy) is 1. The van der Waals surface area contributed by atoms with Crippen LogP contribution < -0.4 is 15.4 Å². The van der Waals surface area contributed by atoms with Crippen molar-refractivity contribution in [2.75, 3.05) is 16.6 Å². The topological polar surface area (TPSA) is 139 Å². The number of nitrogens with one attached hydrogen (secondary N) is 3. The first-order chi connectivity index (χ1) is 17.8. The van der Waals surface area contributed by atoms with Crippen LogP contribution in [0.25, 0.3) is 0 Å². The number of hydrogen-bond donors (Lipinski definition) is 3. The Kier molecular flexibility index (Phi) is 8.25. The molecule has 10 nitrogen and oxygen atoms in total. The molecule has 1 aromatic heterocycles. The molecule has 0 aliphatic rings. The van der Waals surface area contributed by atoms with Crippen molar-refractivity contribution in [1.82, 2.24) is 15.3 Å². The SMILES string of the molecule is CCOC(=O)C(NC(=O)c1ccccc1)(Nc1ccc(S(=O)(=O)Nc2nc(C)cc(C)n2)cc1)C(F)(F)F. The molecule has 3 aromatic rings. The number of benzene rings is 2. The highest BCUT2D eigenvalue weighted by Crippen LogP contribution is 2.34. The van der Waals surface area contributed by atoms with Crippen LogP contribution in [-0.2, 0) is 19.6 Å². The van der Waals surface area contributed by atoms with Gasteiger partial charge >= 0.3 is 17.8 Å². The third-order valence-corrected chi connectivity index (χ3v) is 6.39. The molecule has 0 bridgehead atoms. The molecular weight excluding hydrogens is 527 g/mol. The molecule has 1 amide bonds. The molecule has 0 fully saturated rings. The van der Waals surface area contributed by atoms with Gasteiger partial charge in [-0.15, -0.1) is 0 Å². The summed E-state index contributed by atoms with van der Waals surface area (Å²) in [5, 5.41) is 3.70. The number of esters is 1. The van der Waals surface area contributed by atoms with Crippen LogP contribution in [0.4, 0.5) is 24.8 Å². The van der Waals surface area contributed by atoms with Gasteiger partial charge in [-0.05, 0) is 63.2 Å². The molecule has 0 spiro atoms. The summed E-state index contributed by atoms with van der Waals surface area (Å²) in [5.41, 5.74) is -3.09. The minimum Gasteiger partial charge on any atom is -0.463 e. The lowest BCUT2D eigenvalue weighted by Crippen LogP contribution is -2.69. The van der Waals surface area contributed by atoms with E-state index < -0.39 is 40.3 Å². The lowest BCUT2D eigenvalue weighted by atomic mass is 10.1. The molecule has 3 rings (SSSR count). The van der Waals surface area contributed by atoms with Gasteiger partial charge in [0, 0.05) is 22.6 Å². The number of carbonyl (C=O) groups is 2. The van der Waals surface area contributed by atoms with Crippen molar-refractivity contribution in [1.29, 1.82) is 0 Å². The number of amides is 1. The fourth-order valence-electron chi connectivity index (χ4n) is 3.35. The number of carbonyl (C=O) groups excluding carboxylic acids is 2. The van der Waals surface area contributed by atoms with Crippen molar-refractivity contribution in [3.05, 3.63) is 77.6 Å². The Labute approximate surface area is 216 Å². The molecule has 0 aliphatic carbocycles. The van der Waals surface area contributed by atoms with E-state index in [4.69, 9.17) is 0 Å². The number of hydrogen-bond acceptors (Lipinski definition) is 8. The summed E-state index contributed by atoms with van der Waals surface area (Å²) < 4.78 is 75.5. The van der Waals surface area contributed by atoms with Crippen LogP contribution >= 0.6 is 0 Å². The smallest absolute Gasteiger partial charge is 0.441 e. The Hall–Kier alpha value is -4.20. The molecule has 2 aromatic carbocycles. The minimum absolute atomic E-state index is 0.131. The van der Waals surface area contributed by atoms with E-state index >= 15 is 0 Å². The highest BCUT2D eigenvalue weighted by Gasteiger charge is 2.63. The van der Waals surface area contributed by atoms with Gasteiger partial charge in [0.15, 0.2) is 0 Å². The number of aromatic nitrogens is 2. The zero-order valence-electron chi connectivity index (χ0n) is 20.5. The Morgan fingerprint density at radius 1 is 0.947 bits per heavy atom. The second-order valence-corrected chi connectivity index (χ2v) is 9.70. The molecule has 38 heavy (non-hydrogen) atoms. The van der Waals surface area contributed by atoms with Crippen molar-refractivity contribution in [3.8, 4) is 0 Å². The Morgan fingerprint density at radius 3 is 2.05 bits per heavy atom. The third kappa shape index (κ3) is 6.37. The lowest BCUT2D eigenvalue weighted by molar-refractivity contribution is -0.204. The fourth-order valence-corrected chi connectivity index (χ4v) is 4.29. The zero-order chi connectivity index (χ0) is 28.1. The van der Waals surface area contributed by atoms with E-state index in [0.717, 1.165) is 24.3 Å². The second kappa shape index (κ2) is 11.0. The van der Waals surface area contributed by atoms with E-state index in [-0.39, 0.29) is 22.1 Å². The summed E-state index contributed by atoms with van der Waals surface area (Å²) in [6.07, 6.45) is -5.36. The van der Waals surface area contributed by atoms with E-state index in [9.17, 15) is 31.2 Å². The average molecular weight is 552 g/mol. The number of alkyl halides is 3. The van der Waals surface area contributed by atoms with Crippen LogP contribution in [0.15, 0.2) is 65.6 Å². The van der Waals surface area contributed by atoms with E-state index in [1.165, 1.54) is 31.2 Å². The number of nitrogens with zero attached hydrogens (tertiary/aromatic N) is 2. The van der Waals surface area contributed by atoms with Crippen molar-refractivity contribution >= 4 is 33.5 Å². The molecule has 1 atom stereocenters. The van der Waals surface area contributed by atoms with Gasteiger partial charge in [0.2, 0.25) is 5.95 Å². The normalized spacial score (nSPS) is 13.2. The molecule has 1 unspecified atom stereocenters. The van der Waals surface area contributed by atoms with Crippen molar-refractivity contribution in [2.45, 2.75) is 37.5 Å². The first-order valence-electron chi connectivity index (χ1n) is 11.1. The van der Waals surface area contributed by atoms with Gasteiger partial charge in [0.25, 0.3) is 15.9 Å². The van der Waals surface area contributed by atoms with Gasteiger partial charge in [-0.3, -0.25) is 4.79 Å². The van der Waals surface area contributed by atoms with Crippen molar-refractivity contribution < 1.29 is 35.9 Å². The molecular formula is C24H24F3N5O5S. The van der Waals surface area contributed by atoms with Crippen LogP contribution in [0.5, 0.6) is 0 Å². The molecule has 0 saturated carbocycles. The van der Waals surface area contributed by atoms with E-state index in [1.807, 2.05) is 5.32 Å². The van der Waals surface area contributed by atoms with Gasteiger partial charge < -0.3 is 15.4 Å². The van der Waals surface area contributed by atoms with Gasteiger partial charge in [0.1, 0.15) is 0 Å². The number of sulfonamides is 1. The molecule has 3 N–H and O–H groups in total. The monoisotopic (exact) mass is 551 g/mol. The molecule has 202 valence electrons. The van der Waals surface area contributed by atoms with Crippen molar-refractivity contribution in [2.24, 2.45) is 0 Å². The number of halogens is 3. The van der Waals surface area contributed by atoms with Crippen LogP contribution in [-0.4, -0.2) is 48.7 Å². The standard InChI is InChI=1S/C24H24F3N5O5S/c1-4-37-21(34)23(24(25,26)27,31-20(33)17-8-6-5-7-9-17)30-18-10-12-19(13-11-18)38(35,36)32-22-28-15(2)14-16(3)29-22/h5-14,30H,4H2,1-3H3,(H,31,33)(H,28,29,32). The maximum Gasteiger partial charge on any atom is 0.441 e. The summed E-state index contributed by atoms with van der Waals surface area (Å²) in [7, 11) is -4.20. The van der Waals surface area contributed by atoms with E-state index in [1.54, 1.807) is 31.3 Å². The molecule has 14 heteroatoms. The zero-order valence-corrected chi connectivity index (χ0v) is 21.3. The second-order valence-electron chi connectivity index (χ2n) is 8.02. The number of rotatable bonds is 9. The summed E-state index contributed by atoms with van der Waals surface area (Å²) in [5.74, 6) is -3.17. The lowest BCUT2D eigenvalue weighted by Gasteiger charge is -2.35. The van der Waals surface area contributed by atoms with Crippen LogP contribution in [0, 0.1) is 13.8 Å². The average Bonchev–Trinajstić information content (AvgIpc) is 2.83. The predicted octanol–water partition coefficient (Wildman–Crippen LogP) is 3.56. The van der Waals surface area contributed by atoms with E-state index in [2.05, 4.69) is 19.4 Å². The van der Waals surface area contributed by atoms with Gasteiger partial charge in [-0.2, -0.15) is 13.2 Å².